The van der Waals surface area contributed by atoms with Gasteiger partial charge >= 0.3 is 18.7 Å². The standard InChI is InChI=1S/C17H23N4O8P/c1-3-11(2)29-30(26,27)10-20-13-9-15(21(24)25)14(19-4-6-28-7-5-19)8-12(13)18-16(22)17(20)23/h8-9,11H,3-7,10H2,1-2H3,(H,18,22)(H,26,27). The molecule has 1 aliphatic rings. The molecule has 12 nitrogen and oxygen atoms in total. The second-order valence-corrected chi connectivity index (χ2v) is 8.77. The number of aromatic amines is 1. The van der Waals surface area contributed by atoms with Crippen LogP contribution in [0.1, 0.15) is 20.3 Å². The van der Waals surface area contributed by atoms with Crippen molar-refractivity contribution in [3.63, 3.8) is 0 Å². The Balaban J connectivity index is 2.18. The van der Waals surface area contributed by atoms with E-state index in [-0.39, 0.29) is 22.4 Å². The zero-order chi connectivity index (χ0) is 22.1. The van der Waals surface area contributed by atoms with E-state index in [1.807, 2.05) is 0 Å². The lowest BCUT2D eigenvalue weighted by Gasteiger charge is -2.28. The Kier molecular flexibility index (Phi) is 6.41. The number of nitro benzene ring substituents is 1. The molecule has 0 spiro atoms. The van der Waals surface area contributed by atoms with Crippen molar-refractivity contribution in [1.82, 2.24) is 9.55 Å². The zero-order valence-corrected chi connectivity index (χ0v) is 17.5. The molecule has 1 saturated heterocycles. The predicted molar refractivity (Wildman–Crippen MR) is 109 cm³/mol. The van der Waals surface area contributed by atoms with E-state index in [4.69, 9.17) is 9.26 Å². The van der Waals surface area contributed by atoms with Crippen molar-refractivity contribution in [2.75, 3.05) is 31.2 Å². The summed E-state index contributed by atoms with van der Waals surface area (Å²) in [4.78, 5) is 50.0. The summed E-state index contributed by atoms with van der Waals surface area (Å²) in [6.45, 7) is 4.99. The van der Waals surface area contributed by atoms with Gasteiger partial charge in [0, 0.05) is 19.2 Å². The van der Waals surface area contributed by atoms with Gasteiger partial charge in [-0.3, -0.25) is 28.8 Å². The molecule has 164 valence electrons. The van der Waals surface area contributed by atoms with Gasteiger partial charge < -0.3 is 24.0 Å². The molecule has 1 fully saturated rings. The van der Waals surface area contributed by atoms with Gasteiger partial charge in [-0.05, 0) is 19.4 Å². The third-order valence-corrected chi connectivity index (χ3v) is 6.19. The highest BCUT2D eigenvalue weighted by Gasteiger charge is 2.28. The van der Waals surface area contributed by atoms with Crippen molar-refractivity contribution in [1.29, 1.82) is 0 Å². The maximum Gasteiger partial charge on any atom is 0.348 e. The number of fused-ring (bicyclic) bond motifs is 1. The van der Waals surface area contributed by atoms with E-state index in [1.54, 1.807) is 18.7 Å². The maximum atomic E-state index is 12.5. The zero-order valence-electron chi connectivity index (χ0n) is 16.6. The first kappa shape index (κ1) is 22.2. The van der Waals surface area contributed by atoms with E-state index in [0.29, 0.717) is 32.7 Å². The normalized spacial score (nSPS) is 17.6. The molecule has 3 rings (SSSR count). The van der Waals surface area contributed by atoms with Crippen LogP contribution in [0.2, 0.25) is 0 Å². The molecular formula is C17H23N4O8P. The number of benzene rings is 1. The summed E-state index contributed by atoms with van der Waals surface area (Å²) in [6.07, 6.45) is -0.888. The molecule has 0 bridgehead atoms. The van der Waals surface area contributed by atoms with E-state index in [0.717, 1.165) is 10.6 Å². The van der Waals surface area contributed by atoms with Crippen LogP contribution in [-0.2, 0) is 20.1 Å². The van der Waals surface area contributed by atoms with Gasteiger partial charge in [0.05, 0.1) is 35.3 Å². The number of nitrogens with one attached hydrogen (secondary N) is 1. The summed E-state index contributed by atoms with van der Waals surface area (Å²) in [5, 5.41) is 11.7. The van der Waals surface area contributed by atoms with Crippen LogP contribution in [-0.4, -0.2) is 51.8 Å². The Morgan fingerprint density at radius 1 is 1.37 bits per heavy atom. The van der Waals surface area contributed by atoms with Crippen LogP contribution in [0.25, 0.3) is 11.0 Å². The molecule has 2 heterocycles. The van der Waals surface area contributed by atoms with Gasteiger partial charge in [-0.15, -0.1) is 0 Å². The Bertz CT molecular complexity index is 1120. The number of anilines is 1. The lowest BCUT2D eigenvalue weighted by atomic mass is 10.2. The SMILES string of the molecule is CCC(C)OP(=O)(O)Cn1c(=O)c(=O)[nH]c2cc(N3CCOCC3)c([N+](=O)[O-])cc21. The van der Waals surface area contributed by atoms with E-state index >= 15 is 0 Å². The summed E-state index contributed by atoms with van der Waals surface area (Å²) in [5.74, 6) is 0. The van der Waals surface area contributed by atoms with Crippen LogP contribution in [0.5, 0.6) is 0 Å². The van der Waals surface area contributed by atoms with Crippen LogP contribution >= 0.6 is 7.60 Å². The third-order valence-electron chi connectivity index (χ3n) is 4.86. The number of H-pyrrole nitrogens is 1. The van der Waals surface area contributed by atoms with Gasteiger partial charge in [0.2, 0.25) is 0 Å². The van der Waals surface area contributed by atoms with E-state index in [1.165, 1.54) is 6.07 Å². The summed E-state index contributed by atoms with van der Waals surface area (Å²) in [7, 11) is -4.30. The number of hydrogen-bond acceptors (Lipinski definition) is 8. The lowest BCUT2D eigenvalue weighted by molar-refractivity contribution is -0.384. The highest BCUT2D eigenvalue weighted by molar-refractivity contribution is 7.51. The first-order valence-electron chi connectivity index (χ1n) is 9.41. The fourth-order valence-corrected chi connectivity index (χ4v) is 4.63. The Labute approximate surface area is 170 Å². The Hall–Kier alpha value is -2.53. The number of ether oxygens (including phenoxy) is 1. The third kappa shape index (κ3) is 4.62. The number of morpholine rings is 1. The molecule has 30 heavy (non-hydrogen) atoms. The van der Waals surface area contributed by atoms with E-state index < -0.39 is 36.0 Å². The van der Waals surface area contributed by atoms with Gasteiger partial charge in [-0.1, -0.05) is 6.92 Å². The first-order valence-corrected chi connectivity index (χ1v) is 11.2. The smallest absolute Gasteiger partial charge is 0.348 e. The average Bonchev–Trinajstić information content (AvgIpc) is 2.70. The van der Waals surface area contributed by atoms with Crippen LogP contribution in [0.3, 0.4) is 0 Å². The fraction of sp³-hybridized carbons (Fsp3) is 0.529. The summed E-state index contributed by atoms with van der Waals surface area (Å²) >= 11 is 0. The van der Waals surface area contributed by atoms with E-state index in [9.17, 15) is 29.2 Å². The Morgan fingerprint density at radius 2 is 2.03 bits per heavy atom. The highest BCUT2D eigenvalue weighted by Crippen LogP contribution is 2.45. The number of aromatic nitrogens is 2. The predicted octanol–water partition coefficient (Wildman–Crippen LogP) is 1.39. The minimum Gasteiger partial charge on any atom is -0.378 e. The number of hydrogen-bond donors (Lipinski definition) is 2. The summed E-state index contributed by atoms with van der Waals surface area (Å²) in [6, 6.07) is 2.52. The van der Waals surface area contributed by atoms with Crippen LogP contribution in [0.15, 0.2) is 21.7 Å². The molecule has 1 aliphatic heterocycles. The summed E-state index contributed by atoms with van der Waals surface area (Å²) in [5.41, 5.74) is -2.04. The molecule has 2 atom stereocenters. The van der Waals surface area contributed by atoms with Crippen molar-refractivity contribution < 1.29 is 23.6 Å². The lowest BCUT2D eigenvalue weighted by Crippen LogP contribution is -2.38. The second kappa shape index (κ2) is 8.68. The molecule has 2 aromatic rings. The molecule has 0 aliphatic carbocycles. The maximum absolute atomic E-state index is 12.5. The van der Waals surface area contributed by atoms with Gasteiger partial charge in [-0.2, -0.15) is 0 Å². The van der Waals surface area contributed by atoms with Crippen LogP contribution in [0.4, 0.5) is 11.4 Å². The molecule has 2 N–H and O–H groups in total. The van der Waals surface area contributed by atoms with Gasteiger partial charge in [0.25, 0.3) is 5.69 Å². The minimum atomic E-state index is -4.30. The van der Waals surface area contributed by atoms with Gasteiger partial charge in [0.1, 0.15) is 12.0 Å². The fourth-order valence-electron chi connectivity index (χ4n) is 3.21. The number of rotatable bonds is 7. The molecule has 1 aromatic heterocycles. The first-order chi connectivity index (χ1) is 14.1. The molecule has 0 saturated carbocycles. The molecule has 0 amide bonds. The number of nitrogens with zero attached hydrogens (tertiary/aromatic N) is 3. The van der Waals surface area contributed by atoms with Crippen LogP contribution in [0, 0.1) is 10.1 Å². The van der Waals surface area contributed by atoms with Crippen molar-refractivity contribution in [2.24, 2.45) is 0 Å². The van der Waals surface area contributed by atoms with E-state index in [2.05, 4.69) is 4.98 Å². The van der Waals surface area contributed by atoms with Crippen molar-refractivity contribution in [3.05, 3.63) is 43.0 Å². The van der Waals surface area contributed by atoms with Crippen molar-refractivity contribution in [3.8, 4) is 0 Å². The molecule has 2 unspecified atom stereocenters. The monoisotopic (exact) mass is 442 g/mol. The number of nitro groups is 1. The minimum absolute atomic E-state index is 0.0367. The largest absolute Gasteiger partial charge is 0.378 e. The second-order valence-electron chi connectivity index (χ2n) is 7.01. The van der Waals surface area contributed by atoms with Crippen LogP contribution < -0.4 is 16.0 Å². The molecule has 13 heteroatoms. The summed E-state index contributed by atoms with van der Waals surface area (Å²) < 4.78 is 23.6. The van der Waals surface area contributed by atoms with Gasteiger partial charge in [0.15, 0.2) is 0 Å². The van der Waals surface area contributed by atoms with Gasteiger partial charge in [-0.25, -0.2) is 0 Å². The molecule has 0 radical (unpaired) electrons. The molecular weight excluding hydrogens is 419 g/mol. The highest BCUT2D eigenvalue weighted by atomic mass is 31.2. The van der Waals surface area contributed by atoms with Crippen molar-refractivity contribution in [2.45, 2.75) is 32.7 Å². The molecule has 1 aromatic carbocycles. The van der Waals surface area contributed by atoms with Crippen molar-refractivity contribution >= 4 is 30.0 Å². The Morgan fingerprint density at radius 3 is 2.63 bits per heavy atom. The topological polar surface area (TPSA) is 157 Å². The average molecular weight is 442 g/mol. The quantitative estimate of drug-likeness (QED) is 0.280.